The van der Waals surface area contributed by atoms with Crippen LogP contribution in [0.4, 0.5) is 5.69 Å². The molecular weight excluding hydrogens is 414 g/mol. The summed E-state index contributed by atoms with van der Waals surface area (Å²) in [5.74, 6) is -0.542. The largest absolute Gasteiger partial charge is 0.348 e. The van der Waals surface area contributed by atoms with E-state index >= 15 is 0 Å². The Morgan fingerprint density at radius 1 is 1.03 bits per heavy atom. The maximum Gasteiger partial charge on any atom is 0.253 e. The molecule has 0 fully saturated rings. The van der Waals surface area contributed by atoms with Crippen molar-refractivity contribution in [3.05, 3.63) is 94.2 Å². The maximum absolute atomic E-state index is 12.7. The van der Waals surface area contributed by atoms with Gasteiger partial charge in [-0.05, 0) is 47.4 Å². The number of nitrogens with zero attached hydrogens (tertiary/aromatic N) is 1. The maximum atomic E-state index is 12.7. The molecule has 7 heteroatoms. The SMILES string of the molecule is CN(C(=S)NC(=O)/C=C/c1cccs1)c1ccccc1C(=O)NCc1ccccc1. The van der Waals surface area contributed by atoms with Crippen molar-refractivity contribution in [2.45, 2.75) is 6.54 Å². The Labute approximate surface area is 185 Å². The number of carbonyl (C=O) groups is 2. The molecule has 1 aromatic heterocycles. The number of amides is 2. The Bertz CT molecular complexity index is 1050. The molecule has 0 radical (unpaired) electrons. The van der Waals surface area contributed by atoms with Crippen molar-refractivity contribution in [2.24, 2.45) is 0 Å². The number of para-hydroxylation sites is 1. The molecule has 0 aliphatic heterocycles. The first-order valence-corrected chi connectivity index (χ1v) is 10.5. The Morgan fingerprint density at radius 3 is 2.50 bits per heavy atom. The average molecular weight is 436 g/mol. The van der Waals surface area contributed by atoms with Gasteiger partial charge in [-0.2, -0.15) is 0 Å². The van der Waals surface area contributed by atoms with E-state index in [0.29, 0.717) is 17.8 Å². The second-order valence-electron chi connectivity index (χ2n) is 6.39. The van der Waals surface area contributed by atoms with Crippen LogP contribution >= 0.6 is 23.6 Å². The molecule has 30 heavy (non-hydrogen) atoms. The summed E-state index contributed by atoms with van der Waals surface area (Å²) in [6, 6.07) is 20.7. The van der Waals surface area contributed by atoms with Crippen LogP contribution in [0.25, 0.3) is 6.08 Å². The number of thiocarbonyl (C=S) groups is 1. The molecule has 2 amide bonds. The van der Waals surface area contributed by atoms with Crippen molar-refractivity contribution in [1.29, 1.82) is 0 Å². The van der Waals surface area contributed by atoms with Crippen LogP contribution in [-0.4, -0.2) is 24.0 Å². The van der Waals surface area contributed by atoms with E-state index in [9.17, 15) is 9.59 Å². The van der Waals surface area contributed by atoms with Gasteiger partial charge in [-0.25, -0.2) is 0 Å². The molecule has 5 nitrogen and oxygen atoms in total. The molecule has 3 aromatic rings. The van der Waals surface area contributed by atoms with Gasteiger partial charge in [0.05, 0.1) is 11.3 Å². The summed E-state index contributed by atoms with van der Waals surface area (Å²) >= 11 is 6.91. The number of carbonyl (C=O) groups excluding carboxylic acids is 2. The van der Waals surface area contributed by atoms with E-state index in [1.54, 1.807) is 47.6 Å². The van der Waals surface area contributed by atoms with Gasteiger partial charge in [0, 0.05) is 24.5 Å². The van der Waals surface area contributed by atoms with Crippen LogP contribution < -0.4 is 15.5 Å². The van der Waals surface area contributed by atoms with Gasteiger partial charge in [-0.3, -0.25) is 14.9 Å². The van der Waals surface area contributed by atoms with Gasteiger partial charge in [0.2, 0.25) is 5.91 Å². The minimum atomic E-state index is -0.328. The smallest absolute Gasteiger partial charge is 0.253 e. The zero-order valence-electron chi connectivity index (χ0n) is 16.4. The van der Waals surface area contributed by atoms with Gasteiger partial charge in [-0.15, -0.1) is 11.3 Å². The van der Waals surface area contributed by atoms with Crippen molar-refractivity contribution >= 4 is 52.2 Å². The van der Waals surface area contributed by atoms with Crippen molar-refractivity contribution in [2.75, 3.05) is 11.9 Å². The lowest BCUT2D eigenvalue weighted by molar-refractivity contribution is -0.115. The van der Waals surface area contributed by atoms with Crippen LogP contribution in [0.5, 0.6) is 0 Å². The number of benzene rings is 2. The van der Waals surface area contributed by atoms with E-state index in [2.05, 4.69) is 10.6 Å². The van der Waals surface area contributed by atoms with Gasteiger partial charge >= 0.3 is 0 Å². The molecule has 2 aromatic carbocycles. The lowest BCUT2D eigenvalue weighted by Gasteiger charge is -2.22. The molecule has 1 heterocycles. The first-order chi connectivity index (χ1) is 14.5. The van der Waals surface area contributed by atoms with E-state index in [4.69, 9.17) is 12.2 Å². The third kappa shape index (κ3) is 5.85. The van der Waals surface area contributed by atoms with E-state index in [0.717, 1.165) is 10.4 Å². The third-order valence-corrected chi connectivity index (χ3v) is 5.50. The molecule has 0 bridgehead atoms. The molecule has 3 rings (SSSR count). The molecule has 0 atom stereocenters. The summed E-state index contributed by atoms with van der Waals surface area (Å²) in [6.45, 7) is 0.423. The Balaban J connectivity index is 1.65. The highest BCUT2D eigenvalue weighted by atomic mass is 32.1. The minimum Gasteiger partial charge on any atom is -0.348 e. The van der Waals surface area contributed by atoms with Crippen molar-refractivity contribution < 1.29 is 9.59 Å². The van der Waals surface area contributed by atoms with Crippen molar-refractivity contribution in [3.63, 3.8) is 0 Å². The lowest BCUT2D eigenvalue weighted by atomic mass is 10.1. The fourth-order valence-corrected chi connectivity index (χ4v) is 3.53. The second-order valence-corrected chi connectivity index (χ2v) is 7.75. The number of hydrogen-bond acceptors (Lipinski definition) is 4. The van der Waals surface area contributed by atoms with Crippen LogP contribution in [0.1, 0.15) is 20.8 Å². The lowest BCUT2D eigenvalue weighted by Crippen LogP contribution is -2.40. The van der Waals surface area contributed by atoms with E-state index in [1.807, 2.05) is 53.9 Å². The predicted octanol–water partition coefficient (Wildman–Crippen LogP) is 4.23. The fourth-order valence-electron chi connectivity index (χ4n) is 2.72. The predicted molar refractivity (Wildman–Crippen MR) is 127 cm³/mol. The number of nitrogens with one attached hydrogen (secondary N) is 2. The summed E-state index contributed by atoms with van der Waals surface area (Å²) in [6.07, 6.45) is 3.16. The normalized spacial score (nSPS) is 10.6. The molecule has 0 saturated heterocycles. The van der Waals surface area contributed by atoms with E-state index < -0.39 is 0 Å². The molecule has 0 aliphatic rings. The Hall–Kier alpha value is -3.29. The molecule has 0 aliphatic carbocycles. The molecule has 2 N–H and O–H groups in total. The standard InChI is InChI=1S/C23H21N3O2S2/c1-26(23(29)25-21(27)14-13-18-10-7-15-30-18)20-12-6-5-11-19(20)22(28)24-16-17-8-3-2-4-9-17/h2-15H,16H2,1H3,(H,24,28)(H,25,27,29)/b14-13+. The molecule has 0 saturated carbocycles. The quantitative estimate of drug-likeness (QED) is 0.449. The first kappa shape index (κ1) is 21.4. The monoisotopic (exact) mass is 435 g/mol. The highest BCUT2D eigenvalue weighted by Crippen LogP contribution is 2.19. The average Bonchev–Trinajstić information content (AvgIpc) is 3.30. The topological polar surface area (TPSA) is 61.4 Å². The van der Waals surface area contributed by atoms with Crippen LogP contribution in [0.3, 0.4) is 0 Å². The fraction of sp³-hybridized carbons (Fsp3) is 0.0870. The van der Waals surface area contributed by atoms with Gasteiger partial charge < -0.3 is 10.2 Å². The molecule has 152 valence electrons. The van der Waals surface area contributed by atoms with Gasteiger partial charge in [0.1, 0.15) is 0 Å². The Kier molecular flexibility index (Phi) is 7.48. The highest BCUT2D eigenvalue weighted by molar-refractivity contribution is 7.80. The van der Waals surface area contributed by atoms with E-state index in [1.165, 1.54) is 6.08 Å². The number of rotatable bonds is 6. The van der Waals surface area contributed by atoms with Crippen LogP contribution in [-0.2, 0) is 11.3 Å². The zero-order valence-corrected chi connectivity index (χ0v) is 18.0. The first-order valence-electron chi connectivity index (χ1n) is 9.26. The number of anilines is 1. The van der Waals surface area contributed by atoms with Gasteiger partial charge in [0.15, 0.2) is 5.11 Å². The van der Waals surface area contributed by atoms with Crippen LogP contribution in [0.15, 0.2) is 78.2 Å². The van der Waals surface area contributed by atoms with Gasteiger partial charge in [-0.1, -0.05) is 48.5 Å². The van der Waals surface area contributed by atoms with Crippen LogP contribution in [0.2, 0.25) is 0 Å². The summed E-state index contributed by atoms with van der Waals surface area (Å²) in [5, 5.41) is 7.74. The summed E-state index contributed by atoms with van der Waals surface area (Å²) < 4.78 is 0. The second kappa shape index (κ2) is 10.5. The van der Waals surface area contributed by atoms with Gasteiger partial charge in [0.25, 0.3) is 5.91 Å². The van der Waals surface area contributed by atoms with Crippen molar-refractivity contribution in [3.8, 4) is 0 Å². The molecular formula is C23H21N3O2S2. The molecule has 0 spiro atoms. The number of thiophene rings is 1. The zero-order chi connectivity index (χ0) is 21.3. The Morgan fingerprint density at radius 2 is 1.77 bits per heavy atom. The van der Waals surface area contributed by atoms with Crippen LogP contribution in [0, 0.1) is 0 Å². The highest BCUT2D eigenvalue weighted by Gasteiger charge is 2.17. The minimum absolute atomic E-state index is 0.208. The summed E-state index contributed by atoms with van der Waals surface area (Å²) in [5.41, 5.74) is 2.09. The third-order valence-electron chi connectivity index (χ3n) is 4.28. The molecule has 0 unspecified atom stereocenters. The van der Waals surface area contributed by atoms with E-state index in [-0.39, 0.29) is 16.9 Å². The van der Waals surface area contributed by atoms with Crippen molar-refractivity contribution in [1.82, 2.24) is 10.6 Å². The number of hydrogen-bond donors (Lipinski definition) is 2. The summed E-state index contributed by atoms with van der Waals surface area (Å²) in [7, 11) is 1.72. The summed E-state index contributed by atoms with van der Waals surface area (Å²) in [4.78, 5) is 27.5.